The number of rotatable bonds is 7. The molecule has 1 amide bonds. The molecular weight excluding hydrogens is 483 g/mol. The molecule has 0 aromatic heterocycles. The lowest BCUT2D eigenvalue weighted by molar-refractivity contribution is -0.134. The van der Waals surface area contributed by atoms with Crippen LogP contribution < -0.4 is 14.4 Å². The number of halogens is 1. The minimum atomic E-state index is -0.292. The summed E-state index contributed by atoms with van der Waals surface area (Å²) in [6.07, 6.45) is 0.582. The fraction of sp³-hybridized carbons (Fsp3) is 0.333. The van der Waals surface area contributed by atoms with Crippen molar-refractivity contribution in [3.8, 4) is 11.5 Å². The number of hydrogen-bond acceptors (Lipinski definition) is 6. The largest absolute Gasteiger partial charge is 0.497 e. The molecule has 7 nitrogen and oxygen atoms in total. The quantitative estimate of drug-likeness (QED) is 0.458. The van der Waals surface area contributed by atoms with Crippen LogP contribution in [-0.2, 0) is 4.79 Å². The van der Waals surface area contributed by atoms with Crippen LogP contribution in [0.2, 0.25) is 0 Å². The predicted octanol–water partition coefficient (Wildman–Crippen LogP) is 4.65. The van der Waals surface area contributed by atoms with Crippen molar-refractivity contribution in [3.63, 3.8) is 0 Å². The second kappa shape index (κ2) is 11.2. The number of amides is 1. The highest BCUT2D eigenvalue weighted by Gasteiger charge is 2.36. The van der Waals surface area contributed by atoms with E-state index in [2.05, 4.69) is 17.0 Å². The zero-order valence-electron chi connectivity index (χ0n) is 22.1. The molecule has 1 atom stereocenters. The first-order valence-electron chi connectivity index (χ1n) is 12.9. The molecule has 1 fully saturated rings. The molecule has 8 heteroatoms. The molecule has 0 spiro atoms. The van der Waals surface area contributed by atoms with Crippen LogP contribution in [0.1, 0.15) is 29.2 Å². The van der Waals surface area contributed by atoms with Gasteiger partial charge in [0.15, 0.2) is 0 Å². The van der Waals surface area contributed by atoms with Crippen LogP contribution in [-0.4, -0.2) is 68.5 Å². The number of piperazine rings is 1. The van der Waals surface area contributed by atoms with Crippen molar-refractivity contribution in [2.75, 3.05) is 51.8 Å². The molecule has 3 aromatic rings. The van der Waals surface area contributed by atoms with Crippen LogP contribution in [0.3, 0.4) is 0 Å². The number of aryl methyl sites for hydroxylation is 1. The normalized spacial score (nSPS) is 17.9. The van der Waals surface area contributed by atoms with Gasteiger partial charge in [-0.1, -0.05) is 42.0 Å². The maximum absolute atomic E-state index is 14.2. The maximum Gasteiger partial charge on any atom is 0.257 e. The third-order valence-corrected chi connectivity index (χ3v) is 7.27. The van der Waals surface area contributed by atoms with E-state index < -0.39 is 0 Å². The summed E-state index contributed by atoms with van der Waals surface area (Å²) in [6.45, 7) is 4.93. The Kier molecular flexibility index (Phi) is 7.60. The Balaban J connectivity index is 1.35. The summed E-state index contributed by atoms with van der Waals surface area (Å²) in [5.41, 5.74) is 4.53. The average Bonchev–Trinajstić information content (AvgIpc) is 3.39. The van der Waals surface area contributed by atoms with Gasteiger partial charge in [0.1, 0.15) is 17.3 Å². The smallest absolute Gasteiger partial charge is 0.257 e. The molecule has 2 aliphatic heterocycles. The van der Waals surface area contributed by atoms with Gasteiger partial charge >= 0.3 is 0 Å². The van der Waals surface area contributed by atoms with Gasteiger partial charge in [0.2, 0.25) is 0 Å². The van der Waals surface area contributed by atoms with Crippen LogP contribution in [0.4, 0.5) is 10.1 Å². The highest BCUT2D eigenvalue weighted by Crippen LogP contribution is 2.39. The molecular formula is C30H33FN4O3. The molecule has 0 radical (unpaired) electrons. The van der Waals surface area contributed by atoms with E-state index in [4.69, 9.17) is 14.6 Å². The third-order valence-electron chi connectivity index (χ3n) is 7.27. The highest BCUT2D eigenvalue weighted by atomic mass is 19.1. The third kappa shape index (κ3) is 5.36. The van der Waals surface area contributed by atoms with Gasteiger partial charge in [0.25, 0.3) is 5.91 Å². The van der Waals surface area contributed by atoms with Gasteiger partial charge in [-0.15, -0.1) is 0 Å². The minimum Gasteiger partial charge on any atom is -0.497 e. The zero-order chi connectivity index (χ0) is 26.6. The van der Waals surface area contributed by atoms with E-state index in [-0.39, 0.29) is 24.3 Å². The van der Waals surface area contributed by atoms with E-state index in [0.717, 1.165) is 16.8 Å². The van der Waals surface area contributed by atoms with E-state index in [1.165, 1.54) is 11.6 Å². The second-order valence-corrected chi connectivity index (χ2v) is 9.69. The molecule has 3 aromatic carbocycles. The van der Waals surface area contributed by atoms with E-state index >= 15 is 0 Å². The molecule has 0 bridgehead atoms. The topological polar surface area (TPSA) is 57.6 Å². The SMILES string of the molecule is COc1ccc(C2CC(c3ccc(C)cc3)=NN2C(=O)CN2CCN(c3ccccc3F)CC2)c(OC)c1. The molecule has 38 heavy (non-hydrogen) atoms. The van der Waals surface area contributed by atoms with Crippen LogP contribution in [0.25, 0.3) is 0 Å². The highest BCUT2D eigenvalue weighted by molar-refractivity contribution is 6.03. The zero-order valence-corrected chi connectivity index (χ0v) is 22.1. The molecule has 198 valence electrons. The van der Waals surface area contributed by atoms with Gasteiger partial charge in [-0.3, -0.25) is 9.69 Å². The molecule has 5 rings (SSSR count). The number of hydrogen-bond donors (Lipinski definition) is 0. The second-order valence-electron chi connectivity index (χ2n) is 9.69. The Morgan fingerprint density at radius 2 is 1.71 bits per heavy atom. The van der Waals surface area contributed by atoms with Crippen LogP contribution >= 0.6 is 0 Å². The van der Waals surface area contributed by atoms with E-state index in [9.17, 15) is 9.18 Å². The van der Waals surface area contributed by atoms with E-state index in [0.29, 0.717) is 49.8 Å². The Morgan fingerprint density at radius 1 is 0.974 bits per heavy atom. The summed E-state index contributed by atoms with van der Waals surface area (Å²) in [5, 5.41) is 6.44. The summed E-state index contributed by atoms with van der Waals surface area (Å²) in [5.74, 6) is 1.05. The number of carbonyl (C=O) groups excluding carboxylic acids is 1. The first-order valence-corrected chi connectivity index (χ1v) is 12.9. The fourth-order valence-corrected chi connectivity index (χ4v) is 5.12. The summed E-state index contributed by atoms with van der Waals surface area (Å²) in [7, 11) is 3.24. The fourth-order valence-electron chi connectivity index (χ4n) is 5.12. The van der Waals surface area contributed by atoms with Gasteiger partial charge in [-0.2, -0.15) is 5.10 Å². The lowest BCUT2D eigenvalue weighted by Gasteiger charge is -2.36. The van der Waals surface area contributed by atoms with Crippen molar-refractivity contribution in [2.45, 2.75) is 19.4 Å². The first-order chi connectivity index (χ1) is 18.5. The number of ether oxygens (including phenoxy) is 2. The molecule has 0 aliphatic carbocycles. The maximum atomic E-state index is 14.2. The van der Waals surface area contributed by atoms with E-state index in [1.54, 1.807) is 31.4 Å². The Labute approximate surface area is 223 Å². The molecule has 0 N–H and O–H groups in total. The van der Waals surface area contributed by atoms with Crippen molar-refractivity contribution in [3.05, 3.63) is 89.2 Å². The van der Waals surface area contributed by atoms with Crippen LogP contribution in [0, 0.1) is 12.7 Å². The number of anilines is 1. The average molecular weight is 517 g/mol. The van der Waals surface area contributed by atoms with E-state index in [1.807, 2.05) is 48.2 Å². The van der Waals surface area contributed by atoms with Crippen LogP contribution in [0.15, 0.2) is 71.8 Å². The first kappa shape index (κ1) is 25.7. The number of carbonyl (C=O) groups is 1. The van der Waals surface area contributed by atoms with Crippen molar-refractivity contribution in [1.82, 2.24) is 9.91 Å². The Bertz CT molecular complexity index is 1320. The number of hydrazone groups is 1. The summed E-state index contributed by atoms with van der Waals surface area (Å²) in [4.78, 5) is 17.8. The monoisotopic (exact) mass is 516 g/mol. The van der Waals surface area contributed by atoms with Gasteiger partial charge in [-0.05, 0) is 36.8 Å². The molecule has 0 saturated carbocycles. The Hall–Kier alpha value is -3.91. The molecule has 1 unspecified atom stereocenters. The van der Waals surface area contributed by atoms with Crippen molar-refractivity contribution in [1.29, 1.82) is 0 Å². The molecule has 1 saturated heterocycles. The number of benzene rings is 3. The number of methoxy groups -OCH3 is 2. The number of para-hydroxylation sites is 1. The van der Waals surface area contributed by atoms with Gasteiger partial charge in [0, 0.05) is 44.2 Å². The van der Waals surface area contributed by atoms with Crippen molar-refractivity contribution >= 4 is 17.3 Å². The summed E-state index contributed by atoms with van der Waals surface area (Å²) in [6, 6.07) is 20.4. The van der Waals surface area contributed by atoms with Crippen LogP contribution in [0.5, 0.6) is 11.5 Å². The van der Waals surface area contributed by atoms with Crippen molar-refractivity contribution in [2.24, 2.45) is 5.10 Å². The predicted molar refractivity (Wildman–Crippen MR) is 147 cm³/mol. The lowest BCUT2D eigenvalue weighted by Crippen LogP contribution is -2.49. The van der Waals surface area contributed by atoms with Gasteiger partial charge in [0.05, 0.1) is 38.2 Å². The molecule has 2 aliphatic rings. The van der Waals surface area contributed by atoms with Gasteiger partial charge in [-0.25, -0.2) is 9.40 Å². The standard InChI is InChI=1S/C30H33FN4O3/c1-21-8-10-22(11-9-21)26-19-28(24-13-12-23(37-2)18-29(24)38-3)35(32-26)30(36)20-33-14-16-34(17-15-33)27-7-5-4-6-25(27)31/h4-13,18,28H,14-17,19-20H2,1-3H3. The summed E-state index contributed by atoms with van der Waals surface area (Å²) < 4.78 is 25.3. The minimum absolute atomic E-state index is 0.0747. The lowest BCUT2D eigenvalue weighted by atomic mass is 9.97. The summed E-state index contributed by atoms with van der Waals surface area (Å²) >= 11 is 0. The van der Waals surface area contributed by atoms with Gasteiger partial charge < -0.3 is 14.4 Å². The molecule has 2 heterocycles. The van der Waals surface area contributed by atoms with Crippen molar-refractivity contribution < 1.29 is 18.7 Å². The number of nitrogens with zero attached hydrogens (tertiary/aromatic N) is 4. The Morgan fingerprint density at radius 3 is 2.39 bits per heavy atom.